The number of furan rings is 1. The van der Waals surface area contributed by atoms with Gasteiger partial charge in [0, 0.05) is 13.7 Å². The molecule has 0 saturated carbocycles. The fraction of sp³-hybridized carbons (Fsp3) is 0.333. The first-order valence-electron chi connectivity index (χ1n) is 7.86. The zero-order valence-electron chi connectivity index (χ0n) is 14.7. The van der Waals surface area contributed by atoms with E-state index in [4.69, 9.17) is 13.9 Å². The maximum atomic E-state index is 12.6. The van der Waals surface area contributed by atoms with E-state index in [1.807, 2.05) is 29.7 Å². The monoisotopic (exact) mass is 360 g/mol. The lowest BCUT2D eigenvalue weighted by molar-refractivity contribution is 0.0996. The first-order valence-corrected chi connectivity index (χ1v) is 8.67. The van der Waals surface area contributed by atoms with E-state index in [9.17, 15) is 4.79 Å². The van der Waals surface area contributed by atoms with Crippen molar-refractivity contribution in [3.8, 4) is 5.75 Å². The molecule has 3 aromatic rings. The molecule has 0 aliphatic heterocycles. The standard InChI is InChI=1S/C18H20N2O4S/c1-11-9-14(12(2)24-11)17(21)19-18-20(7-8-22-3)15-6-5-13(23-4)10-16(15)25-18/h5-6,9-10H,7-8H2,1-4H3. The van der Waals surface area contributed by atoms with Gasteiger partial charge in [0.2, 0.25) is 0 Å². The summed E-state index contributed by atoms with van der Waals surface area (Å²) in [6.45, 7) is 4.72. The number of ether oxygens (including phenoxy) is 2. The SMILES string of the molecule is COCCn1c(=NC(=O)c2cc(C)oc2C)sc2cc(OC)ccc21. The largest absolute Gasteiger partial charge is 0.497 e. The molecule has 0 atom stereocenters. The van der Waals surface area contributed by atoms with E-state index in [2.05, 4.69) is 4.99 Å². The highest BCUT2D eigenvalue weighted by Crippen LogP contribution is 2.23. The van der Waals surface area contributed by atoms with Crippen LogP contribution in [-0.2, 0) is 11.3 Å². The molecule has 0 bridgehead atoms. The molecule has 2 heterocycles. The van der Waals surface area contributed by atoms with Crippen LogP contribution < -0.4 is 9.54 Å². The van der Waals surface area contributed by atoms with Crippen LogP contribution in [0.2, 0.25) is 0 Å². The van der Waals surface area contributed by atoms with Gasteiger partial charge < -0.3 is 18.5 Å². The fourth-order valence-corrected chi connectivity index (χ4v) is 3.74. The minimum absolute atomic E-state index is 0.306. The van der Waals surface area contributed by atoms with E-state index in [0.717, 1.165) is 16.0 Å². The van der Waals surface area contributed by atoms with Crippen LogP contribution >= 0.6 is 11.3 Å². The van der Waals surface area contributed by atoms with E-state index in [0.29, 0.717) is 35.0 Å². The van der Waals surface area contributed by atoms with Gasteiger partial charge in [0.15, 0.2) is 4.80 Å². The van der Waals surface area contributed by atoms with Gasteiger partial charge in [-0.1, -0.05) is 11.3 Å². The van der Waals surface area contributed by atoms with Gasteiger partial charge in [-0.3, -0.25) is 4.79 Å². The van der Waals surface area contributed by atoms with Crippen LogP contribution in [0.4, 0.5) is 0 Å². The molecule has 0 fully saturated rings. The molecule has 0 spiro atoms. The second-order valence-electron chi connectivity index (χ2n) is 5.61. The van der Waals surface area contributed by atoms with E-state index in [-0.39, 0.29) is 5.91 Å². The van der Waals surface area contributed by atoms with Crippen LogP contribution in [0.25, 0.3) is 10.2 Å². The summed E-state index contributed by atoms with van der Waals surface area (Å²) in [4.78, 5) is 17.5. The van der Waals surface area contributed by atoms with Gasteiger partial charge >= 0.3 is 0 Å². The highest BCUT2D eigenvalue weighted by molar-refractivity contribution is 7.16. The third-order valence-electron chi connectivity index (χ3n) is 3.88. The number of aromatic nitrogens is 1. The van der Waals surface area contributed by atoms with Gasteiger partial charge in [-0.25, -0.2) is 0 Å². The molecule has 7 heteroatoms. The molecule has 0 N–H and O–H groups in total. The Morgan fingerprint density at radius 2 is 2.08 bits per heavy atom. The fourth-order valence-electron chi connectivity index (χ4n) is 2.65. The second kappa shape index (κ2) is 7.25. The number of benzene rings is 1. The molecule has 0 radical (unpaired) electrons. The number of aryl methyl sites for hydroxylation is 2. The maximum absolute atomic E-state index is 12.6. The highest BCUT2D eigenvalue weighted by atomic mass is 32.1. The predicted octanol–water partition coefficient (Wildman–Crippen LogP) is 3.31. The third kappa shape index (κ3) is 3.52. The number of fused-ring (bicyclic) bond motifs is 1. The van der Waals surface area contributed by atoms with Crippen molar-refractivity contribution in [2.75, 3.05) is 20.8 Å². The Morgan fingerprint density at radius 3 is 2.72 bits per heavy atom. The van der Waals surface area contributed by atoms with Gasteiger partial charge in [0.05, 0.1) is 29.5 Å². The van der Waals surface area contributed by atoms with Crippen molar-refractivity contribution in [1.82, 2.24) is 4.57 Å². The van der Waals surface area contributed by atoms with Crippen LogP contribution in [0, 0.1) is 13.8 Å². The smallest absolute Gasteiger partial charge is 0.283 e. The molecule has 25 heavy (non-hydrogen) atoms. The Balaban J connectivity index is 2.12. The first-order chi connectivity index (χ1) is 12.0. The summed E-state index contributed by atoms with van der Waals surface area (Å²) in [5.41, 5.74) is 1.49. The number of carbonyl (C=O) groups excluding carboxylic acids is 1. The van der Waals surface area contributed by atoms with Crippen LogP contribution in [0.1, 0.15) is 21.9 Å². The molecule has 0 aliphatic rings. The van der Waals surface area contributed by atoms with Crippen molar-refractivity contribution in [2.45, 2.75) is 20.4 Å². The Labute approximate surface area is 149 Å². The summed E-state index contributed by atoms with van der Waals surface area (Å²) in [6.07, 6.45) is 0. The summed E-state index contributed by atoms with van der Waals surface area (Å²) in [5.74, 6) is 1.74. The Morgan fingerprint density at radius 1 is 1.28 bits per heavy atom. The first kappa shape index (κ1) is 17.4. The summed E-state index contributed by atoms with van der Waals surface area (Å²) in [5, 5.41) is 0. The number of nitrogens with zero attached hydrogens (tertiary/aromatic N) is 2. The van der Waals surface area contributed by atoms with Crippen molar-refractivity contribution >= 4 is 27.5 Å². The number of thiazole rings is 1. The molecular formula is C18H20N2O4S. The average Bonchev–Trinajstić information content (AvgIpc) is 3.11. The van der Waals surface area contributed by atoms with Crippen molar-refractivity contribution in [2.24, 2.45) is 4.99 Å². The number of amides is 1. The van der Waals surface area contributed by atoms with E-state index in [1.165, 1.54) is 11.3 Å². The Kier molecular flexibility index (Phi) is 5.06. The van der Waals surface area contributed by atoms with Crippen molar-refractivity contribution in [1.29, 1.82) is 0 Å². The lowest BCUT2D eigenvalue weighted by Gasteiger charge is -2.05. The van der Waals surface area contributed by atoms with E-state index in [1.54, 1.807) is 27.2 Å². The minimum atomic E-state index is -0.306. The molecular weight excluding hydrogens is 340 g/mol. The van der Waals surface area contributed by atoms with Crippen LogP contribution in [-0.4, -0.2) is 31.3 Å². The molecule has 2 aromatic heterocycles. The van der Waals surface area contributed by atoms with Crippen molar-refractivity contribution in [3.63, 3.8) is 0 Å². The normalized spacial score (nSPS) is 12.1. The highest BCUT2D eigenvalue weighted by Gasteiger charge is 2.14. The van der Waals surface area contributed by atoms with Crippen molar-refractivity contribution in [3.05, 3.63) is 46.2 Å². The summed E-state index contributed by atoms with van der Waals surface area (Å²) in [7, 11) is 3.28. The zero-order valence-corrected chi connectivity index (χ0v) is 15.5. The topological polar surface area (TPSA) is 66.0 Å². The quantitative estimate of drug-likeness (QED) is 0.700. The van der Waals surface area contributed by atoms with Gasteiger partial charge in [-0.05, 0) is 38.1 Å². The van der Waals surface area contributed by atoms with Crippen LogP contribution in [0.5, 0.6) is 5.75 Å². The number of rotatable bonds is 5. The number of methoxy groups -OCH3 is 2. The van der Waals surface area contributed by atoms with Gasteiger partial charge in [-0.2, -0.15) is 4.99 Å². The summed E-state index contributed by atoms with van der Waals surface area (Å²) in [6, 6.07) is 7.53. The van der Waals surface area contributed by atoms with Crippen molar-refractivity contribution < 1.29 is 18.7 Å². The lowest BCUT2D eigenvalue weighted by Crippen LogP contribution is -2.19. The molecule has 0 saturated heterocycles. The molecule has 3 rings (SSSR count). The van der Waals surface area contributed by atoms with Crippen LogP contribution in [0.15, 0.2) is 33.7 Å². The number of hydrogen-bond acceptors (Lipinski definition) is 5. The molecule has 132 valence electrons. The summed E-state index contributed by atoms with van der Waals surface area (Å²) < 4.78 is 18.9. The lowest BCUT2D eigenvalue weighted by atomic mass is 10.2. The second-order valence-corrected chi connectivity index (χ2v) is 6.62. The maximum Gasteiger partial charge on any atom is 0.283 e. The van der Waals surface area contributed by atoms with Gasteiger partial charge in [0.25, 0.3) is 5.91 Å². The summed E-state index contributed by atoms with van der Waals surface area (Å²) >= 11 is 1.45. The number of hydrogen-bond donors (Lipinski definition) is 0. The Hall–Kier alpha value is -2.38. The van der Waals surface area contributed by atoms with Gasteiger partial charge in [0.1, 0.15) is 17.3 Å². The molecule has 6 nitrogen and oxygen atoms in total. The molecule has 1 amide bonds. The van der Waals surface area contributed by atoms with E-state index < -0.39 is 0 Å². The predicted molar refractivity (Wildman–Crippen MR) is 96.3 cm³/mol. The average molecular weight is 360 g/mol. The van der Waals surface area contributed by atoms with Crippen LogP contribution in [0.3, 0.4) is 0 Å². The zero-order chi connectivity index (χ0) is 18.0. The molecule has 0 aliphatic carbocycles. The Bertz CT molecular complexity index is 981. The molecule has 0 unspecified atom stereocenters. The minimum Gasteiger partial charge on any atom is -0.497 e. The van der Waals surface area contributed by atoms with E-state index >= 15 is 0 Å². The van der Waals surface area contributed by atoms with Gasteiger partial charge in [-0.15, -0.1) is 0 Å². The third-order valence-corrected chi connectivity index (χ3v) is 4.92. The number of carbonyl (C=O) groups is 1. The molecule has 1 aromatic carbocycles.